The normalized spacial score (nSPS) is 21.2. The Hall–Kier alpha value is -2.37. The molecule has 3 unspecified atom stereocenters. The zero-order valence-corrected chi connectivity index (χ0v) is 14.2. The minimum atomic E-state index is -0.808. The highest BCUT2D eigenvalue weighted by molar-refractivity contribution is 5.67. The summed E-state index contributed by atoms with van der Waals surface area (Å²) < 4.78 is 10.6. The first-order chi connectivity index (χ1) is 12.1. The summed E-state index contributed by atoms with van der Waals surface area (Å²) in [5, 5.41) is 13.4. The Morgan fingerprint density at radius 2 is 1.72 bits per heavy atom. The van der Waals surface area contributed by atoms with Gasteiger partial charge in [-0.25, -0.2) is 4.79 Å². The van der Waals surface area contributed by atoms with Crippen LogP contribution in [0.1, 0.15) is 18.1 Å². The number of aliphatic hydroxyl groups excluding tert-OH is 1. The molecule has 1 aliphatic rings. The molecule has 1 saturated heterocycles. The molecule has 2 aromatic carbocycles. The third-order valence-corrected chi connectivity index (χ3v) is 4.42. The van der Waals surface area contributed by atoms with Gasteiger partial charge in [0.15, 0.2) is 0 Å². The van der Waals surface area contributed by atoms with Crippen molar-refractivity contribution in [3.63, 3.8) is 0 Å². The number of aliphatic hydroxyl groups is 1. The van der Waals surface area contributed by atoms with Crippen LogP contribution in [0.4, 0.5) is 4.79 Å². The lowest BCUT2D eigenvalue weighted by molar-refractivity contribution is 0.0469. The second-order valence-corrected chi connectivity index (χ2v) is 6.55. The van der Waals surface area contributed by atoms with Gasteiger partial charge >= 0.3 is 6.09 Å². The highest BCUT2D eigenvalue weighted by Crippen LogP contribution is 2.32. The molecule has 0 aromatic heterocycles. The summed E-state index contributed by atoms with van der Waals surface area (Å²) >= 11 is 0. The van der Waals surface area contributed by atoms with Crippen LogP contribution in [0.25, 0.3) is 0 Å². The van der Waals surface area contributed by atoms with Crippen LogP contribution in [-0.4, -0.2) is 35.6 Å². The standard InChI is InChI=1S/C20H23NO4/c1-20(14-25-20)18(22)17(12-15-8-4-2-5-9-15)21-19(23)24-13-16-10-6-3-7-11-16/h2-11,17-18,22H,12-14H2,1H3,(H,21,23). The SMILES string of the molecule is CC1(C(O)C(Cc2ccccc2)NC(=O)OCc2ccccc2)CO1. The van der Waals surface area contributed by atoms with Crippen molar-refractivity contribution in [1.82, 2.24) is 5.32 Å². The Labute approximate surface area is 147 Å². The van der Waals surface area contributed by atoms with E-state index in [9.17, 15) is 9.90 Å². The average molecular weight is 341 g/mol. The first-order valence-corrected chi connectivity index (χ1v) is 8.40. The Morgan fingerprint density at radius 1 is 1.16 bits per heavy atom. The van der Waals surface area contributed by atoms with E-state index in [0.29, 0.717) is 13.0 Å². The van der Waals surface area contributed by atoms with E-state index in [1.54, 1.807) is 0 Å². The van der Waals surface area contributed by atoms with E-state index in [1.807, 2.05) is 67.6 Å². The second kappa shape index (κ2) is 7.68. The molecule has 132 valence electrons. The maximum absolute atomic E-state index is 12.2. The van der Waals surface area contributed by atoms with Gasteiger partial charge < -0.3 is 19.9 Å². The number of carbonyl (C=O) groups is 1. The number of amides is 1. The Balaban J connectivity index is 1.61. The van der Waals surface area contributed by atoms with E-state index in [0.717, 1.165) is 11.1 Å². The van der Waals surface area contributed by atoms with Crippen LogP contribution < -0.4 is 5.32 Å². The molecule has 1 aliphatic heterocycles. The van der Waals surface area contributed by atoms with Gasteiger partial charge in [0.1, 0.15) is 18.3 Å². The fourth-order valence-electron chi connectivity index (χ4n) is 2.74. The van der Waals surface area contributed by atoms with Crippen molar-refractivity contribution in [1.29, 1.82) is 0 Å². The van der Waals surface area contributed by atoms with Crippen molar-refractivity contribution >= 4 is 6.09 Å². The molecule has 3 rings (SSSR count). The van der Waals surface area contributed by atoms with Gasteiger partial charge in [0.2, 0.25) is 0 Å². The van der Waals surface area contributed by atoms with Gasteiger partial charge in [-0.2, -0.15) is 0 Å². The predicted molar refractivity (Wildman–Crippen MR) is 94.1 cm³/mol. The van der Waals surface area contributed by atoms with Crippen LogP contribution in [0, 0.1) is 0 Å². The van der Waals surface area contributed by atoms with Gasteiger partial charge in [0.25, 0.3) is 0 Å². The van der Waals surface area contributed by atoms with Crippen molar-refractivity contribution in [3.05, 3.63) is 71.8 Å². The van der Waals surface area contributed by atoms with Crippen LogP contribution in [0.3, 0.4) is 0 Å². The quantitative estimate of drug-likeness (QED) is 0.760. The second-order valence-electron chi connectivity index (χ2n) is 6.55. The molecule has 2 N–H and O–H groups in total. The Bertz CT molecular complexity index is 685. The van der Waals surface area contributed by atoms with E-state index in [1.165, 1.54) is 0 Å². The van der Waals surface area contributed by atoms with Gasteiger partial charge in [-0.05, 0) is 24.5 Å². The van der Waals surface area contributed by atoms with E-state index in [-0.39, 0.29) is 6.61 Å². The number of hydrogen-bond acceptors (Lipinski definition) is 4. The number of alkyl carbamates (subject to hydrolysis) is 1. The monoisotopic (exact) mass is 341 g/mol. The number of rotatable bonds is 7. The molecule has 0 aliphatic carbocycles. The number of epoxide rings is 1. The van der Waals surface area contributed by atoms with Gasteiger partial charge in [-0.3, -0.25) is 0 Å². The Morgan fingerprint density at radius 3 is 2.28 bits per heavy atom. The summed E-state index contributed by atoms with van der Waals surface area (Å²) in [4.78, 5) is 12.2. The third-order valence-electron chi connectivity index (χ3n) is 4.42. The molecule has 5 nitrogen and oxygen atoms in total. The van der Waals surface area contributed by atoms with Gasteiger partial charge in [0, 0.05) is 0 Å². The van der Waals surface area contributed by atoms with Gasteiger partial charge in [0.05, 0.1) is 12.6 Å². The molecule has 0 bridgehead atoms. The van der Waals surface area contributed by atoms with Crippen molar-refractivity contribution in [2.75, 3.05) is 6.61 Å². The van der Waals surface area contributed by atoms with E-state index < -0.39 is 23.8 Å². The van der Waals surface area contributed by atoms with Crippen LogP contribution in [-0.2, 0) is 22.5 Å². The maximum Gasteiger partial charge on any atom is 0.407 e. The van der Waals surface area contributed by atoms with Crippen LogP contribution in [0.2, 0.25) is 0 Å². The minimum absolute atomic E-state index is 0.189. The van der Waals surface area contributed by atoms with E-state index >= 15 is 0 Å². The van der Waals surface area contributed by atoms with Gasteiger partial charge in [-0.15, -0.1) is 0 Å². The van der Waals surface area contributed by atoms with Crippen LogP contribution in [0.5, 0.6) is 0 Å². The van der Waals surface area contributed by atoms with Gasteiger partial charge in [-0.1, -0.05) is 60.7 Å². The van der Waals surface area contributed by atoms with Crippen molar-refractivity contribution < 1.29 is 19.4 Å². The van der Waals surface area contributed by atoms with E-state index in [4.69, 9.17) is 9.47 Å². The zero-order chi connectivity index (χ0) is 17.7. The third kappa shape index (κ3) is 4.81. The van der Waals surface area contributed by atoms with Crippen LogP contribution in [0.15, 0.2) is 60.7 Å². The number of benzene rings is 2. The average Bonchev–Trinajstić information content (AvgIpc) is 3.39. The van der Waals surface area contributed by atoms with Crippen molar-refractivity contribution in [2.24, 2.45) is 0 Å². The Kier molecular flexibility index (Phi) is 5.36. The fraction of sp³-hybridized carbons (Fsp3) is 0.350. The maximum atomic E-state index is 12.2. The molecule has 1 heterocycles. The summed E-state index contributed by atoms with van der Waals surface area (Å²) in [6.45, 7) is 2.52. The number of ether oxygens (including phenoxy) is 2. The summed E-state index contributed by atoms with van der Waals surface area (Å²) in [7, 11) is 0. The van der Waals surface area contributed by atoms with Crippen molar-refractivity contribution in [2.45, 2.75) is 37.7 Å². The molecule has 5 heteroatoms. The first-order valence-electron chi connectivity index (χ1n) is 8.40. The highest BCUT2D eigenvalue weighted by atomic mass is 16.6. The minimum Gasteiger partial charge on any atom is -0.445 e. The molecule has 0 saturated carbocycles. The van der Waals surface area contributed by atoms with Crippen LogP contribution >= 0.6 is 0 Å². The molecule has 3 atom stereocenters. The molecule has 25 heavy (non-hydrogen) atoms. The number of carbonyl (C=O) groups excluding carboxylic acids is 1. The molecular weight excluding hydrogens is 318 g/mol. The zero-order valence-electron chi connectivity index (χ0n) is 14.2. The summed E-state index contributed by atoms with van der Waals surface area (Å²) in [5.41, 5.74) is 1.33. The topological polar surface area (TPSA) is 71.1 Å². The first kappa shape index (κ1) is 17.5. The molecule has 0 radical (unpaired) electrons. The molecular formula is C20H23NO4. The smallest absolute Gasteiger partial charge is 0.407 e. The summed E-state index contributed by atoms with van der Waals surface area (Å²) in [5.74, 6) is 0. The lowest BCUT2D eigenvalue weighted by Crippen LogP contribution is -2.50. The number of nitrogens with one attached hydrogen (secondary N) is 1. The summed E-state index contributed by atoms with van der Waals surface area (Å²) in [6.07, 6.45) is -0.855. The lowest BCUT2D eigenvalue weighted by atomic mass is 9.93. The predicted octanol–water partition coefficient (Wildman–Crippen LogP) is 2.67. The molecule has 1 amide bonds. The molecule has 0 spiro atoms. The van der Waals surface area contributed by atoms with Crippen molar-refractivity contribution in [3.8, 4) is 0 Å². The number of hydrogen-bond donors (Lipinski definition) is 2. The highest BCUT2D eigenvalue weighted by Gasteiger charge is 2.50. The molecule has 1 fully saturated rings. The largest absolute Gasteiger partial charge is 0.445 e. The lowest BCUT2D eigenvalue weighted by Gasteiger charge is -2.26. The summed E-state index contributed by atoms with van der Waals surface area (Å²) in [6, 6.07) is 18.7. The molecule has 2 aromatic rings. The fourth-order valence-corrected chi connectivity index (χ4v) is 2.74. The van der Waals surface area contributed by atoms with E-state index in [2.05, 4.69) is 5.32 Å².